The second-order valence-electron chi connectivity index (χ2n) is 19.7. The molecule has 354 valence electrons. The Labute approximate surface area is 380 Å². The van der Waals surface area contributed by atoms with Crippen molar-refractivity contribution >= 4 is 57.1 Å². The predicted molar refractivity (Wildman–Crippen MR) is 238 cm³/mol. The molecule has 0 unspecified atom stereocenters. The number of nitrogens with one attached hydrogen (secondary N) is 2. The quantitative estimate of drug-likeness (QED) is 0.214. The van der Waals surface area contributed by atoms with Crippen molar-refractivity contribution in [1.29, 1.82) is 0 Å². The van der Waals surface area contributed by atoms with Gasteiger partial charge in [-0.15, -0.1) is 0 Å². The minimum Gasteiger partial charge on any atom is -0.444 e. The fourth-order valence-electron chi connectivity index (χ4n) is 8.80. The van der Waals surface area contributed by atoms with E-state index in [-0.39, 0.29) is 91.1 Å². The predicted octanol–water partition coefficient (Wildman–Crippen LogP) is 5.59. The summed E-state index contributed by atoms with van der Waals surface area (Å²) in [4.78, 5) is 60.1. The standard InChI is InChI=1S/C44H63ClF2N8O8S/c1-42(2,3)62-40(58)48-16-23-55(7)24-21-52(22-25-55)39(57)30-8-10-31(11-9-30)44(46,47)32-26-36(45)50-37(27-32)51-17-19-53(20-18-51)64(60,61)35-14-12-34(13-15-35)54-29-33(28-38(54)56)49-41(59)63-43(4,5)6/h12-15,26-27,30-31,33H,8-11,16-25,28-29H2,1-7H3,(H-,48,49,58,59)/p+1/t30?,31?,33-/m1/s1. The summed E-state index contributed by atoms with van der Waals surface area (Å²) in [6, 6.07) is 8.05. The third kappa shape index (κ3) is 12.3. The minimum absolute atomic E-state index is 0.00936. The Morgan fingerprint density at radius 3 is 2.06 bits per heavy atom. The second kappa shape index (κ2) is 19.3. The average Bonchev–Trinajstić information content (AvgIpc) is 3.58. The van der Waals surface area contributed by atoms with Crippen LogP contribution in [0.2, 0.25) is 5.15 Å². The number of ether oxygens (including phenoxy) is 2. The van der Waals surface area contributed by atoms with Gasteiger partial charge >= 0.3 is 12.2 Å². The molecule has 4 heterocycles. The fourth-order valence-corrected chi connectivity index (χ4v) is 10.4. The first-order chi connectivity index (χ1) is 29.8. The van der Waals surface area contributed by atoms with Crippen LogP contribution in [0.15, 0.2) is 41.3 Å². The maximum Gasteiger partial charge on any atom is 0.407 e. The zero-order valence-electron chi connectivity index (χ0n) is 38.0. The van der Waals surface area contributed by atoms with Gasteiger partial charge in [0, 0.05) is 62.2 Å². The van der Waals surface area contributed by atoms with Gasteiger partial charge < -0.3 is 39.3 Å². The Morgan fingerprint density at radius 1 is 0.875 bits per heavy atom. The lowest BCUT2D eigenvalue weighted by Gasteiger charge is -2.43. The number of carbonyl (C=O) groups excluding carboxylic acids is 4. The Hall–Kier alpha value is -4.33. The lowest BCUT2D eigenvalue weighted by Crippen LogP contribution is -2.60. The van der Waals surface area contributed by atoms with E-state index in [1.807, 2.05) is 25.7 Å². The molecule has 1 atom stereocenters. The number of halogens is 3. The molecule has 3 saturated heterocycles. The van der Waals surface area contributed by atoms with Gasteiger partial charge in [-0.2, -0.15) is 4.31 Å². The van der Waals surface area contributed by atoms with Crippen molar-refractivity contribution in [2.45, 2.75) is 102 Å². The number of alkyl carbamates (subject to hydrolysis) is 2. The highest BCUT2D eigenvalue weighted by Gasteiger charge is 2.46. The molecule has 1 aromatic heterocycles. The van der Waals surface area contributed by atoms with Crippen molar-refractivity contribution in [2.75, 3.05) is 88.8 Å². The molecule has 1 aromatic carbocycles. The molecular formula is C44H64ClF2N8O8S+. The molecule has 0 spiro atoms. The highest BCUT2D eigenvalue weighted by molar-refractivity contribution is 7.89. The van der Waals surface area contributed by atoms with Gasteiger partial charge in [0.25, 0.3) is 5.92 Å². The Kier molecular flexibility index (Phi) is 14.8. The van der Waals surface area contributed by atoms with Crippen LogP contribution < -0.4 is 20.4 Å². The van der Waals surface area contributed by atoms with Crippen molar-refractivity contribution in [3.63, 3.8) is 0 Å². The number of sulfonamides is 1. The smallest absolute Gasteiger partial charge is 0.407 e. The highest BCUT2D eigenvalue weighted by atomic mass is 35.5. The number of aromatic nitrogens is 1. The largest absolute Gasteiger partial charge is 0.444 e. The number of anilines is 2. The number of nitrogens with zero attached hydrogens (tertiary/aromatic N) is 6. The zero-order chi connectivity index (χ0) is 46.8. The lowest BCUT2D eigenvalue weighted by molar-refractivity contribution is -0.912. The number of benzene rings is 1. The molecule has 4 amide bonds. The van der Waals surface area contributed by atoms with Crippen LogP contribution in [0.25, 0.3) is 0 Å². The van der Waals surface area contributed by atoms with E-state index >= 15 is 8.78 Å². The maximum atomic E-state index is 16.3. The van der Waals surface area contributed by atoms with Crippen LogP contribution in [0, 0.1) is 11.8 Å². The number of rotatable bonds is 11. The molecule has 0 bridgehead atoms. The van der Waals surface area contributed by atoms with Gasteiger partial charge in [0.2, 0.25) is 21.8 Å². The summed E-state index contributed by atoms with van der Waals surface area (Å²) >= 11 is 6.35. The summed E-state index contributed by atoms with van der Waals surface area (Å²) in [5.41, 5.74) is -1.03. The van der Waals surface area contributed by atoms with Gasteiger partial charge in [-0.3, -0.25) is 9.59 Å². The number of hydrogen-bond donors (Lipinski definition) is 2. The van der Waals surface area contributed by atoms with Crippen molar-refractivity contribution in [2.24, 2.45) is 11.8 Å². The summed E-state index contributed by atoms with van der Waals surface area (Å²) in [5.74, 6) is -4.53. The molecule has 20 heteroatoms. The van der Waals surface area contributed by atoms with Crippen LogP contribution in [0.5, 0.6) is 0 Å². The molecular weight excluding hydrogens is 874 g/mol. The first kappa shape index (κ1) is 49.1. The molecule has 1 saturated carbocycles. The number of likely N-dealkylation sites (N-methyl/N-ethyl adjacent to an activating group) is 1. The zero-order valence-corrected chi connectivity index (χ0v) is 39.6. The highest BCUT2D eigenvalue weighted by Crippen LogP contribution is 2.46. The maximum absolute atomic E-state index is 16.3. The molecule has 6 rings (SSSR count). The third-order valence-electron chi connectivity index (χ3n) is 12.4. The molecule has 64 heavy (non-hydrogen) atoms. The second-order valence-corrected chi connectivity index (χ2v) is 22.0. The average molecular weight is 939 g/mol. The molecule has 4 aliphatic rings. The van der Waals surface area contributed by atoms with E-state index in [1.54, 1.807) is 37.8 Å². The first-order valence-corrected chi connectivity index (χ1v) is 23.9. The van der Waals surface area contributed by atoms with Crippen molar-refractivity contribution in [3.05, 3.63) is 47.1 Å². The number of pyridine rings is 1. The van der Waals surface area contributed by atoms with Crippen molar-refractivity contribution in [1.82, 2.24) is 24.8 Å². The van der Waals surface area contributed by atoms with Gasteiger partial charge in [0.15, 0.2) is 0 Å². The van der Waals surface area contributed by atoms with E-state index in [1.165, 1.54) is 33.5 Å². The number of alkyl halides is 2. The first-order valence-electron chi connectivity index (χ1n) is 22.1. The van der Waals surface area contributed by atoms with Crippen LogP contribution in [-0.2, 0) is 35.0 Å². The number of carbonyl (C=O) groups is 4. The molecule has 3 aliphatic heterocycles. The Bertz CT molecular complexity index is 2130. The minimum atomic E-state index is -3.93. The molecule has 16 nitrogen and oxygen atoms in total. The van der Waals surface area contributed by atoms with E-state index in [9.17, 15) is 27.6 Å². The summed E-state index contributed by atoms with van der Waals surface area (Å²) in [5, 5.41) is 5.43. The Balaban J connectivity index is 0.978. The van der Waals surface area contributed by atoms with E-state index in [0.29, 0.717) is 49.2 Å². The topological polar surface area (TPSA) is 171 Å². The van der Waals surface area contributed by atoms with E-state index < -0.39 is 51.3 Å². The third-order valence-corrected chi connectivity index (χ3v) is 14.5. The van der Waals surface area contributed by atoms with Crippen LogP contribution in [0.3, 0.4) is 0 Å². The van der Waals surface area contributed by atoms with E-state index in [0.717, 1.165) is 13.1 Å². The number of hydrogen-bond acceptors (Lipinski definition) is 10. The van der Waals surface area contributed by atoms with Gasteiger partial charge in [0.05, 0.1) is 57.3 Å². The van der Waals surface area contributed by atoms with Gasteiger partial charge in [-0.25, -0.2) is 31.8 Å². The van der Waals surface area contributed by atoms with Crippen LogP contribution in [-0.4, -0.2) is 147 Å². The van der Waals surface area contributed by atoms with Crippen LogP contribution >= 0.6 is 11.6 Å². The number of amides is 4. The van der Waals surface area contributed by atoms with Gasteiger partial charge in [-0.05, 0) is 104 Å². The van der Waals surface area contributed by atoms with E-state index in [2.05, 4.69) is 22.7 Å². The molecule has 1 aliphatic carbocycles. The molecule has 0 radical (unpaired) electrons. The summed E-state index contributed by atoms with van der Waals surface area (Å²) < 4.78 is 72.6. The monoisotopic (exact) mass is 937 g/mol. The van der Waals surface area contributed by atoms with Crippen molar-refractivity contribution in [3.8, 4) is 0 Å². The SMILES string of the molecule is CC(C)(C)OC(=O)NCC[N+]1(C)CCN(C(=O)C2CCC(C(F)(F)c3cc(Cl)nc(N4CCN(S(=O)(=O)c5ccc(N6C[C@H](NC(=O)OC(C)(C)C)CC6=O)cc5)CC4)c3)CC2)CC1. The van der Waals surface area contributed by atoms with Crippen molar-refractivity contribution < 1.29 is 50.3 Å². The summed E-state index contributed by atoms with van der Waals surface area (Å²) in [6.45, 7) is 15.1. The lowest BCUT2D eigenvalue weighted by atomic mass is 9.77. The molecule has 4 fully saturated rings. The van der Waals surface area contributed by atoms with Gasteiger partial charge in [-0.1, -0.05) is 11.6 Å². The normalized spacial score (nSPS) is 22.6. The molecule has 2 N–H and O–H groups in total. The number of piperazine rings is 2. The van der Waals surface area contributed by atoms with Crippen LogP contribution in [0.1, 0.15) is 79.2 Å². The van der Waals surface area contributed by atoms with Gasteiger partial charge in [0.1, 0.15) is 22.2 Å². The summed E-state index contributed by atoms with van der Waals surface area (Å²) in [6.07, 6.45) is 0.0633. The summed E-state index contributed by atoms with van der Waals surface area (Å²) in [7, 11) is -1.84. The molecule has 2 aromatic rings. The van der Waals surface area contributed by atoms with E-state index in [4.69, 9.17) is 21.1 Å². The number of quaternary nitrogens is 1. The van der Waals surface area contributed by atoms with Crippen LogP contribution in [0.4, 0.5) is 29.9 Å². The fraction of sp³-hybridized carbons (Fsp3) is 0.659. The Morgan fingerprint density at radius 2 is 1.47 bits per heavy atom.